The van der Waals surface area contributed by atoms with Crippen LogP contribution in [0.4, 0.5) is 11.4 Å². The minimum atomic E-state index is -0.157. The van der Waals surface area contributed by atoms with Crippen molar-refractivity contribution in [2.45, 2.75) is 32.7 Å². The van der Waals surface area contributed by atoms with E-state index < -0.39 is 0 Å². The molecule has 0 unspecified atom stereocenters. The second-order valence-electron chi connectivity index (χ2n) is 7.71. The smallest absolute Gasteiger partial charge is 0.255 e. The Labute approximate surface area is 159 Å². The van der Waals surface area contributed by atoms with Crippen LogP contribution < -0.4 is 10.6 Å². The predicted molar refractivity (Wildman–Crippen MR) is 107 cm³/mol. The topological polar surface area (TPSA) is 61.4 Å². The highest BCUT2D eigenvalue weighted by atomic mass is 16.2. The number of hydrogen-bond acceptors (Lipinski definition) is 3. The Kier molecular flexibility index (Phi) is 4.94. The van der Waals surface area contributed by atoms with Gasteiger partial charge in [-0.3, -0.25) is 14.5 Å². The zero-order valence-electron chi connectivity index (χ0n) is 15.6. The molecule has 2 aliphatic rings. The van der Waals surface area contributed by atoms with Gasteiger partial charge in [-0.2, -0.15) is 0 Å². The van der Waals surface area contributed by atoms with Crippen LogP contribution in [0.5, 0.6) is 0 Å². The second kappa shape index (κ2) is 7.53. The summed E-state index contributed by atoms with van der Waals surface area (Å²) in [6, 6.07) is 13.4. The summed E-state index contributed by atoms with van der Waals surface area (Å²) in [6.07, 6.45) is 2.88. The minimum absolute atomic E-state index is 0.0266. The number of likely N-dealkylation sites (tertiary alicyclic amines) is 1. The molecule has 2 N–H and O–H groups in total. The van der Waals surface area contributed by atoms with Crippen LogP contribution in [-0.4, -0.2) is 29.8 Å². The lowest BCUT2D eigenvalue weighted by molar-refractivity contribution is -0.115. The van der Waals surface area contributed by atoms with E-state index in [0.717, 1.165) is 42.5 Å². The number of carbonyl (C=O) groups excluding carboxylic acids is 2. The van der Waals surface area contributed by atoms with Crippen molar-refractivity contribution in [3.8, 4) is 0 Å². The lowest BCUT2D eigenvalue weighted by Crippen LogP contribution is -2.32. The summed E-state index contributed by atoms with van der Waals surface area (Å²) in [6.45, 7) is 5.61. The summed E-state index contributed by atoms with van der Waals surface area (Å²) in [4.78, 5) is 26.4. The fourth-order valence-corrected chi connectivity index (χ4v) is 3.75. The number of anilines is 2. The zero-order valence-corrected chi connectivity index (χ0v) is 15.6. The quantitative estimate of drug-likeness (QED) is 0.871. The first kappa shape index (κ1) is 17.7. The largest absolute Gasteiger partial charge is 0.326 e. The number of piperidine rings is 1. The van der Waals surface area contributed by atoms with Gasteiger partial charge in [0.25, 0.3) is 5.91 Å². The number of amides is 2. The summed E-state index contributed by atoms with van der Waals surface area (Å²) in [5.41, 5.74) is 4.29. The molecule has 0 aromatic heterocycles. The van der Waals surface area contributed by atoms with Gasteiger partial charge in [0.05, 0.1) is 6.42 Å². The van der Waals surface area contributed by atoms with E-state index in [9.17, 15) is 9.59 Å². The molecule has 27 heavy (non-hydrogen) atoms. The highest BCUT2D eigenvalue weighted by molar-refractivity contribution is 6.06. The number of hydrogen-bond donors (Lipinski definition) is 2. The number of carbonyl (C=O) groups is 2. The maximum atomic E-state index is 12.5. The van der Waals surface area contributed by atoms with Crippen molar-refractivity contribution in [1.82, 2.24) is 4.90 Å². The molecule has 2 aromatic rings. The highest BCUT2D eigenvalue weighted by Crippen LogP contribution is 2.24. The van der Waals surface area contributed by atoms with Gasteiger partial charge in [0.2, 0.25) is 5.91 Å². The maximum Gasteiger partial charge on any atom is 0.255 e. The Morgan fingerprint density at radius 3 is 2.63 bits per heavy atom. The van der Waals surface area contributed by atoms with Crippen LogP contribution in [0.2, 0.25) is 0 Å². The van der Waals surface area contributed by atoms with Crippen molar-refractivity contribution in [2.24, 2.45) is 5.92 Å². The third-order valence-corrected chi connectivity index (χ3v) is 5.49. The Bertz CT molecular complexity index is 852. The fourth-order valence-electron chi connectivity index (χ4n) is 3.75. The predicted octanol–water partition coefficient (Wildman–Crippen LogP) is 3.67. The summed E-state index contributed by atoms with van der Waals surface area (Å²) in [7, 11) is 0. The molecule has 2 heterocycles. The standard InChI is InChI=1S/C22H25N3O2/c1-15-8-10-25(11-9-15)14-16-2-5-19(6-3-16)23-22(27)17-4-7-20-18(12-17)13-21(26)24-20/h2-7,12,15H,8-11,13-14H2,1H3,(H,23,27)(H,24,26). The molecule has 0 saturated carbocycles. The van der Waals surface area contributed by atoms with Crippen molar-refractivity contribution in [1.29, 1.82) is 0 Å². The summed E-state index contributed by atoms with van der Waals surface area (Å²) < 4.78 is 0. The van der Waals surface area contributed by atoms with Crippen LogP contribution in [0.3, 0.4) is 0 Å². The molecule has 0 bridgehead atoms. The zero-order chi connectivity index (χ0) is 18.8. The van der Waals surface area contributed by atoms with E-state index in [0.29, 0.717) is 12.0 Å². The number of nitrogens with zero attached hydrogens (tertiary/aromatic N) is 1. The van der Waals surface area contributed by atoms with Gasteiger partial charge >= 0.3 is 0 Å². The Morgan fingerprint density at radius 1 is 1.15 bits per heavy atom. The molecule has 5 nitrogen and oxygen atoms in total. The molecule has 2 aliphatic heterocycles. The average molecular weight is 363 g/mol. The van der Waals surface area contributed by atoms with Crippen LogP contribution >= 0.6 is 0 Å². The molecule has 0 atom stereocenters. The fraction of sp³-hybridized carbons (Fsp3) is 0.364. The van der Waals surface area contributed by atoms with Crippen LogP contribution in [0.1, 0.15) is 41.3 Å². The van der Waals surface area contributed by atoms with Gasteiger partial charge in [-0.15, -0.1) is 0 Å². The third kappa shape index (κ3) is 4.19. The van der Waals surface area contributed by atoms with Gasteiger partial charge in [0.1, 0.15) is 0 Å². The van der Waals surface area contributed by atoms with Crippen LogP contribution in [0, 0.1) is 5.92 Å². The van der Waals surface area contributed by atoms with Gasteiger partial charge in [-0.25, -0.2) is 0 Å². The van der Waals surface area contributed by atoms with E-state index in [1.807, 2.05) is 12.1 Å². The van der Waals surface area contributed by atoms with Crippen molar-refractivity contribution in [2.75, 3.05) is 23.7 Å². The first-order valence-corrected chi connectivity index (χ1v) is 9.62. The normalized spacial score (nSPS) is 17.4. The lowest BCUT2D eigenvalue weighted by Gasteiger charge is -2.30. The monoisotopic (exact) mass is 363 g/mol. The first-order chi connectivity index (χ1) is 13.1. The van der Waals surface area contributed by atoms with Crippen LogP contribution in [0.25, 0.3) is 0 Å². The summed E-state index contributed by atoms with van der Waals surface area (Å²) in [5.74, 6) is 0.656. The molecule has 0 spiro atoms. The third-order valence-electron chi connectivity index (χ3n) is 5.49. The number of benzene rings is 2. The Balaban J connectivity index is 1.36. The van der Waals surface area contributed by atoms with Crippen LogP contribution in [0.15, 0.2) is 42.5 Å². The van der Waals surface area contributed by atoms with E-state index in [2.05, 4.69) is 34.6 Å². The molecule has 0 aliphatic carbocycles. The SMILES string of the molecule is CC1CCN(Cc2ccc(NC(=O)c3ccc4c(c3)CC(=O)N4)cc2)CC1. The van der Waals surface area contributed by atoms with Crippen molar-refractivity contribution in [3.63, 3.8) is 0 Å². The van der Waals surface area contributed by atoms with Gasteiger partial charge in [0, 0.05) is 23.5 Å². The van der Waals surface area contributed by atoms with Gasteiger partial charge in [-0.05, 0) is 73.3 Å². The molecule has 2 amide bonds. The van der Waals surface area contributed by atoms with E-state index in [4.69, 9.17) is 0 Å². The second-order valence-corrected chi connectivity index (χ2v) is 7.71. The molecule has 5 heteroatoms. The number of nitrogens with one attached hydrogen (secondary N) is 2. The number of fused-ring (bicyclic) bond motifs is 1. The van der Waals surface area contributed by atoms with Crippen LogP contribution in [-0.2, 0) is 17.8 Å². The minimum Gasteiger partial charge on any atom is -0.326 e. The van der Waals surface area contributed by atoms with E-state index >= 15 is 0 Å². The van der Waals surface area contributed by atoms with Crippen molar-refractivity contribution in [3.05, 3.63) is 59.2 Å². The first-order valence-electron chi connectivity index (χ1n) is 9.62. The highest BCUT2D eigenvalue weighted by Gasteiger charge is 2.19. The molecule has 1 fully saturated rings. The van der Waals surface area contributed by atoms with Gasteiger partial charge in [-0.1, -0.05) is 19.1 Å². The average Bonchev–Trinajstić information content (AvgIpc) is 3.04. The van der Waals surface area contributed by atoms with E-state index in [-0.39, 0.29) is 11.8 Å². The molecular weight excluding hydrogens is 338 g/mol. The van der Waals surface area contributed by atoms with E-state index in [1.54, 1.807) is 18.2 Å². The number of rotatable bonds is 4. The molecule has 140 valence electrons. The molecule has 2 aromatic carbocycles. The van der Waals surface area contributed by atoms with Gasteiger partial charge in [0.15, 0.2) is 0 Å². The van der Waals surface area contributed by atoms with Crippen molar-refractivity contribution < 1.29 is 9.59 Å². The molecule has 1 saturated heterocycles. The van der Waals surface area contributed by atoms with E-state index in [1.165, 1.54) is 18.4 Å². The lowest BCUT2D eigenvalue weighted by atomic mass is 9.99. The Morgan fingerprint density at radius 2 is 1.89 bits per heavy atom. The van der Waals surface area contributed by atoms with Crippen molar-refractivity contribution >= 4 is 23.2 Å². The van der Waals surface area contributed by atoms with Gasteiger partial charge < -0.3 is 10.6 Å². The summed E-state index contributed by atoms with van der Waals surface area (Å²) >= 11 is 0. The maximum absolute atomic E-state index is 12.5. The summed E-state index contributed by atoms with van der Waals surface area (Å²) in [5, 5.41) is 5.72. The molecular formula is C22H25N3O2. The Hall–Kier alpha value is -2.66. The molecule has 4 rings (SSSR count). The molecule has 0 radical (unpaired) electrons.